The fourth-order valence-electron chi connectivity index (χ4n) is 0.985. The molecular weight excluding hydrogens is 255 g/mol. The Morgan fingerprint density at radius 1 is 1.31 bits per heavy atom. The molecule has 0 aliphatic rings. The molecule has 1 atom stereocenters. The lowest BCUT2D eigenvalue weighted by atomic mass is 10.3. The Labute approximate surface area is 103 Å². The van der Waals surface area contributed by atoms with Crippen LogP contribution < -0.4 is 4.74 Å². The lowest BCUT2D eigenvalue weighted by Crippen LogP contribution is -2.43. The van der Waals surface area contributed by atoms with Crippen LogP contribution in [-0.2, 0) is 9.53 Å². The fourth-order valence-corrected chi connectivity index (χ4v) is 1.49. The van der Waals surface area contributed by atoms with E-state index in [2.05, 4.69) is 0 Å². The summed E-state index contributed by atoms with van der Waals surface area (Å²) in [5.41, 5.74) is 0. The van der Waals surface area contributed by atoms with E-state index in [9.17, 15) is 4.79 Å². The van der Waals surface area contributed by atoms with E-state index in [4.69, 9.17) is 37.8 Å². The van der Waals surface area contributed by atoms with Crippen molar-refractivity contribution < 1.29 is 19.4 Å². The number of benzene rings is 1. The molecule has 0 saturated heterocycles. The normalized spacial score (nSPS) is 14.2. The zero-order chi connectivity index (χ0) is 12.3. The molecule has 4 nitrogen and oxygen atoms in total. The van der Waals surface area contributed by atoms with Crippen molar-refractivity contribution in [2.45, 2.75) is 12.7 Å². The van der Waals surface area contributed by atoms with Crippen LogP contribution in [-0.4, -0.2) is 24.0 Å². The monoisotopic (exact) mass is 264 g/mol. The largest absolute Gasteiger partial charge is 0.476 e. The zero-order valence-electron chi connectivity index (χ0n) is 8.66. The third-order valence-corrected chi connectivity index (χ3v) is 2.36. The third kappa shape index (κ3) is 3.01. The summed E-state index contributed by atoms with van der Waals surface area (Å²) in [6.07, 6.45) is 0. The van der Waals surface area contributed by atoms with Crippen LogP contribution in [0.2, 0.25) is 10.0 Å². The summed E-state index contributed by atoms with van der Waals surface area (Å²) in [5.74, 6) is -2.79. The molecule has 0 aliphatic carbocycles. The Kier molecular flexibility index (Phi) is 4.02. The van der Waals surface area contributed by atoms with E-state index in [1.54, 1.807) is 0 Å². The van der Waals surface area contributed by atoms with E-state index < -0.39 is 11.8 Å². The fraction of sp³-hybridized carbons (Fsp3) is 0.300. The SMILES string of the molecule is COC(C)(Oc1cc(Cl)cc(Cl)c1)C(=O)O. The van der Waals surface area contributed by atoms with Crippen molar-refractivity contribution in [2.24, 2.45) is 0 Å². The van der Waals surface area contributed by atoms with Gasteiger partial charge in [0.05, 0.1) is 0 Å². The molecule has 16 heavy (non-hydrogen) atoms. The van der Waals surface area contributed by atoms with Gasteiger partial charge in [0.1, 0.15) is 5.75 Å². The predicted octanol–water partition coefficient (Wildman–Crippen LogP) is 2.82. The van der Waals surface area contributed by atoms with E-state index >= 15 is 0 Å². The number of ether oxygens (including phenoxy) is 2. The maximum atomic E-state index is 10.9. The van der Waals surface area contributed by atoms with Crippen molar-refractivity contribution in [1.29, 1.82) is 0 Å². The van der Waals surface area contributed by atoms with Crippen LogP contribution in [0.15, 0.2) is 18.2 Å². The van der Waals surface area contributed by atoms with E-state index in [-0.39, 0.29) is 5.75 Å². The second-order valence-corrected chi connectivity index (χ2v) is 4.04. The smallest absolute Gasteiger partial charge is 0.376 e. The molecule has 0 amide bonds. The van der Waals surface area contributed by atoms with E-state index in [0.29, 0.717) is 10.0 Å². The summed E-state index contributed by atoms with van der Waals surface area (Å²) in [4.78, 5) is 10.9. The van der Waals surface area contributed by atoms with Gasteiger partial charge in [-0.2, -0.15) is 0 Å². The molecule has 1 aromatic rings. The van der Waals surface area contributed by atoms with Gasteiger partial charge in [-0.15, -0.1) is 0 Å². The van der Waals surface area contributed by atoms with Crippen molar-refractivity contribution in [1.82, 2.24) is 0 Å². The second kappa shape index (κ2) is 4.91. The Hall–Kier alpha value is -0.970. The molecule has 6 heteroatoms. The molecule has 1 unspecified atom stereocenters. The molecule has 0 spiro atoms. The van der Waals surface area contributed by atoms with Gasteiger partial charge in [0.15, 0.2) is 0 Å². The summed E-state index contributed by atoms with van der Waals surface area (Å²) < 4.78 is 9.96. The second-order valence-electron chi connectivity index (χ2n) is 3.16. The van der Waals surface area contributed by atoms with Crippen molar-refractivity contribution >= 4 is 29.2 Å². The van der Waals surface area contributed by atoms with Gasteiger partial charge in [0.25, 0.3) is 0 Å². The molecule has 88 valence electrons. The minimum absolute atomic E-state index is 0.226. The van der Waals surface area contributed by atoms with Crippen molar-refractivity contribution in [3.05, 3.63) is 28.2 Å². The quantitative estimate of drug-likeness (QED) is 0.850. The van der Waals surface area contributed by atoms with Crippen molar-refractivity contribution in [2.75, 3.05) is 7.11 Å². The molecule has 1 N–H and O–H groups in total. The number of aliphatic carboxylic acids is 1. The van der Waals surface area contributed by atoms with Gasteiger partial charge >= 0.3 is 11.8 Å². The lowest BCUT2D eigenvalue weighted by Gasteiger charge is -2.24. The summed E-state index contributed by atoms with van der Waals surface area (Å²) in [5, 5.41) is 9.62. The van der Waals surface area contributed by atoms with E-state index in [1.165, 1.54) is 32.2 Å². The first kappa shape index (κ1) is 13.1. The Morgan fingerprint density at radius 2 is 1.81 bits per heavy atom. The number of methoxy groups -OCH3 is 1. The highest BCUT2D eigenvalue weighted by atomic mass is 35.5. The number of hydrogen-bond donors (Lipinski definition) is 1. The topological polar surface area (TPSA) is 55.8 Å². The maximum Gasteiger partial charge on any atom is 0.376 e. The predicted molar refractivity (Wildman–Crippen MR) is 60.1 cm³/mol. The van der Waals surface area contributed by atoms with Crippen molar-refractivity contribution in [3.8, 4) is 5.75 Å². The Balaban J connectivity index is 2.99. The number of hydrogen-bond acceptors (Lipinski definition) is 3. The van der Waals surface area contributed by atoms with Gasteiger partial charge in [0, 0.05) is 24.1 Å². The summed E-state index contributed by atoms with van der Waals surface area (Å²) in [7, 11) is 1.24. The molecule has 1 aromatic carbocycles. The molecular formula is C10H10Cl2O4. The van der Waals surface area contributed by atoms with Gasteiger partial charge in [0.2, 0.25) is 0 Å². The lowest BCUT2D eigenvalue weighted by molar-refractivity contribution is -0.197. The number of halogens is 2. The number of rotatable bonds is 4. The van der Waals surface area contributed by atoms with Gasteiger partial charge in [-0.3, -0.25) is 0 Å². The van der Waals surface area contributed by atoms with E-state index in [1.807, 2.05) is 0 Å². The number of carboxylic acids is 1. The summed E-state index contributed by atoms with van der Waals surface area (Å²) in [6, 6.07) is 4.42. The summed E-state index contributed by atoms with van der Waals surface area (Å²) in [6.45, 7) is 1.28. The van der Waals surface area contributed by atoms with E-state index in [0.717, 1.165) is 0 Å². The third-order valence-electron chi connectivity index (χ3n) is 1.93. The van der Waals surface area contributed by atoms with Crippen LogP contribution in [0.4, 0.5) is 0 Å². The minimum Gasteiger partial charge on any atom is -0.476 e. The molecule has 0 radical (unpaired) electrons. The first-order valence-corrected chi connectivity index (χ1v) is 5.06. The van der Waals surface area contributed by atoms with Gasteiger partial charge in [-0.1, -0.05) is 23.2 Å². The summed E-state index contributed by atoms with van der Waals surface area (Å²) >= 11 is 11.5. The van der Waals surface area contributed by atoms with Gasteiger partial charge in [-0.05, 0) is 18.2 Å². The van der Waals surface area contributed by atoms with Crippen molar-refractivity contribution in [3.63, 3.8) is 0 Å². The minimum atomic E-state index is -1.77. The van der Waals surface area contributed by atoms with Crippen LogP contribution in [0.1, 0.15) is 6.92 Å². The van der Waals surface area contributed by atoms with Gasteiger partial charge < -0.3 is 14.6 Å². The molecule has 0 heterocycles. The van der Waals surface area contributed by atoms with Crippen LogP contribution in [0.25, 0.3) is 0 Å². The molecule has 0 aliphatic heterocycles. The average Bonchev–Trinajstić information content (AvgIpc) is 2.15. The van der Waals surface area contributed by atoms with Crippen LogP contribution in [0, 0.1) is 0 Å². The zero-order valence-corrected chi connectivity index (χ0v) is 10.2. The molecule has 0 saturated carbocycles. The van der Waals surface area contributed by atoms with Gasteiger partial charge in [-0.25, -0.2) is 4.79 Å². The first-order valence-electron chi connectivity index (χ1n) is 4.31. The molecule has 0 fully saturated rings. The first-order chi connectivity index (χ1) is 7.37. The maximum absolute atomic E-state index is 10.9. The van der Waals surface area contributed by atoms with Crippen LogP contribution in [0.5, 0.6) is 5.75 Å². The van der Waals surface area contributed by atoms with Crippen LogP contribution >= 0.6 is 23.2 Å². The highest BCUT2D eigenvalue weighted by molar-refractivity contribution is 6.34. The Bertz CT molecular complexity index is 388. The highest BCUT2D eigenvalue weighted by Crippen LogP contribution is 2.27. The Morgan fingerprint density at radius 3 is 2.19 bits per heavy atom. The molecule has 0 bridgehead atoms. The average molecular weight is 265 g/mol. The standard InChI is InChI=1S/C10H10Cl2O4/c1-10(15-2,9(13)14)16-8-4-6(11)3-7(12)5-8/h3-5H,1-2H3,(H,13,14). The van der Waals surface area contributed by atoms with Crippen LogP contribution in [0.3, 0.4) is 0 Å². The molecule has 1 rings (SSSR count). The highest BCUT2D eigenvalue weighted by Gasteiger charge is 2.35. The number of carboxylic acid groups (broad SMARTS) is 1. The molecule has 0 aromatic heterocycles. The number of carbonyl (C=O) groups is 1.